The zero-order valence-electron chi connectivity index (χ0n) is 10.1. The van der Waals surface area contributed by atoms with Crippen LogP contribution in [0.15, 0.2) is 12.7 Å². The Labute approximate surface area is 96.3 Å². The lowest BCUT2D eigenvalue weighted by molar-refractivity contribution is -0.133. The topological polar surface area (TPSA) is 46.6 Å². The van der Waals surface area contributed by atoms with E-state index in [4.69, 9.17) is 4.74 Å². The summed E-state index contributed by atoms with van der Waals surface area (Å²) in [5, 5.41) is 0. The van der Waals surface area contributed by atoms with E-state index in [0.29, 0.717) is 13.0 Å². The summed E-state index contributed by atoms with van der Waals surface area (Å²) < 4.78 is 4.93. The summed E-state index contributed by atoms with van der Waals surface area (Å²) in [4.78, 5) is 24.8. The van der Waals surface area contributed by atoms with E-state index in [1.54, 1.807) is 13.0 Å². The van der Waals surface area contributed by atoms with Crippen LogP contribution in [0.5, 0.6) is 0 Å². The van der Waals surface area contributed by atoms with Crippen LogP contribution in [0.25, 0.3) is 0 Å². The van der Waals surface area contributed by atoms with Crippen LogP contribution in [-0.2, 0) is 9.53 Å². The van der Waals surface area contributed by atoms with E-state index in [1.807, 2.05) is 13.8 Å². The summed E-state index contributed by atoms with van der Waals surface area (Å²) in [6.07, 6.45) is 1.75. The second-order valence-corrected chi connectivity index (χ2v) is 4.52. The highest BCUT2D eigenvalue weighted by molar-refractivity contribution is 5.94. The first-order chi connectivity index (χ1) is 7.49. The van der Waals surface area contributed by atoms with Crippen molar-refractivity contribution in [3.8, 4) is 0 Å². The minimum absolute atomic E-state index is 0.132. The highest BCUT2D eigenvalue weighted by Gasteiger charge is 2.40. The molecule has 0 N–H and O–H groups in total. The van der Waals surface area contributed by atoms with Gasteiger partial charge in [-0.05, 0) is 12.3 Å². The first-order valence-electron chi connectivity index (χ1n) is 5.59. The third-order valence-electron chi connectivity index (χ3n) is 2.85. The number of cyclic esters (lactones) is 1. The number of carbonyl (C=O) groups excluding carboxylic acids is 2. The Balaban J connectivity index is 2.79. The van der Waals surface area contributed by atoms with Crippen LogP contribution in [-0.4, -0.2) is 29.5 Å². The molecular formula is C12H19NO3. The van der Waals surface area contributed by atoms with Gasteiger partial charge in [-0.15, -0.1) is 6.58 Å². The van der Waals surface area contributed by atoms with Gasteiger partial charge in [0.15, 0.2) is 0 Å². The van der Waals surface area contributed by atoms with Gasteiger partial charge in [0.05, 0.1) is 6.04 Å². The van der Waals surface area contributed by atoms with E-state index in [9.17, 15) is 9.59 Å². The molecule has 0 aromatic rings. The summed E-state index contributed by atoms with van der Waals surface area (Å²) in [5.41, 5.74) is 0. The quantitative estimate of drug-likeness (QED) is 0.689. The van der Waals surface area contributed by atoms with Crippen molar-refractivity contribution in [2.24, 2.45) is 11.8 Å². The Morgan fingerprint density at radius 1 is 1.62 bits per heavy atom. The molecule has 0 aromatic carbocycles. The predicted molar refractivity (Wildman–Crippen MR) is 60.8 cm³/mol. The molecular weight excluding hydrogens is 206 g/mol. The number of ether oxygens (including phenoxy) is 1. The van der Waals surface area contributed by atoms with Gasteiger partial charge in [-0.1, -0.05) is 26.8 Å². The molecule has 0 bridgehead atoms. The van der Waals surface area contributed by atoms with Gasteiger partial charge >= 0.3 is 6.09 Å². The fourth-order valence-electron chi connectivity index (χ4n) is 1.77. The molecule has 0 aliphatic carbocycles. The fourth-order valence-corrected chi connectivity index (χ4v) is 1.77. The van der Waals surface area contributed by atoms with Crippen LogP contribution in [0.2, 0.25) is 0 Å². The minimum Gasteiger partial charge on any atom is -0.447 e. The molecule has 0 saturated carbocycles. The Kier molecular flexibility index (Phi) is 4.10. The molecule has 2 amide bonds. The van der Waals surface area contributed by atoms with Crippen molar-refractivity contribution in [1.82, 2.24) is 4.90 Å². The Hall–Kier alpha value is -1.32. The molecule has 1 heterocycles. The average molecular weight is 225 g/mol. The number of hydrogen-bond donors (Lipinski definition) is 0. The summed E-state index contributed by atoms with van der Waals surface area (Å²) in [7, 11) is 0. The largest absolute Gasteiger partial charge is 0.447 e. The van der Waals surface area contributed by atoms with Gasteiger partial charge in [0.25, 0.3) is 0 Å². The molecule has 90 valence electrons. The lowest BCUT2D eigenvalue weighted by atomic mass is 10.0. The lowest BCUT2D eigenvalue weighted by Crippen LogP contribution is -2.44. The highest BCUT2D eigenvalue weighted by Crippen LogP contribution is 2.22. The summed E-state index contributed by atoms with van der Waals surface area (Å²) >= 11 is 0. The van der Waals surface area contributed by atoms with Gasteiger partial charge < -0.3 is 4.74 Å². The summed E-state index contributed by atoms with van der Waals surface area (Å²) in [6, 6.07) is -0.132. The average Bonchev–Trinajstić information content (AvgIpc) is 2.59. The number of nitrogens with zero attached hydrogens (tertiary/aromatic N) is 1. The van der Waals surface area contributed by atoms with Crippen LogP contribution in [0.4, 0.5) is 4.79 Å². The molecule has 2 atom stereocenters. The zero-order chi connectivity index (χ0) is 12.3. The Morgan fingerprint density at radius 2 is 2.25 bits per heavy atom. The van der Waals surface area contributed by atoms with Gasteiger partial charge in [-0.2, -0.15) is 0 Å². The second kappa shape index (κ2) is 5.14. The van der Waals surface area contributed by atoms with Gasteiger partial charge in [0, 0.05) is 5.92 Å². The number of imide groups is 1. The van der Waals surface area contributed by atoms with E-state index < -0.39 is 6.09 Å². The van der Waals surface area contributed by atoms with E-state index in [1.165, 1.54) is 4.90 Å². The van der Waals surface area contributed by atoms with Gasteiger partial charge in [-0.25, -0.2) is 9.69 Å². The monoisotopic (exact) mass is 225 g/mol. The first-order valence-corrected chi connectivity index (χ1v) is 5.59. The van der Waals surface area contributed by atoms with Crippen LogP contribution in [0.3, 0.4) is 0 Å². The third kappa shape index (κ3) is 2.43. The molecule has 1 saturated heterocycles. The van der Waals surface area contributed by atoms with Crippen molar-refractivity contribution in [3.63, 3.8) is 0 Å². The molecule has 2 unspecified atom stereocenters. The smallest absolute Gasteiger partial charge is 0.416 e. The van der Waals surface area contributed by atoms with Crippen LogP contribution in [0.1, 0.15) is 27.2 Å². The molecule has 1 aliphatic heterocycles. The van der Waals surface area contributed by atoms with Gasteiger partial charge in [-0.3, -0.25) is 4.79 Å². The van der Waals surface area contributed by atoms with Crippen molar-refractivity contribution in [3.05, 3.63) is 12.7 Å². The van der Waals surface area contributed by atoms with Gasteiger partial charge in [0.1, 0.15) is 6.61 Å². The third-order valence-corrected chi connectivity index (χ3v) is 2.85. The Morgan fingerprint density at radius 3 is 2.75 bits per heavy atom. The van der Waals surface area contributed by atoms with Crippen LogP contribution in [0, 0.1) is 11.8 Å². The molecule has 16 heavy (non-hydrogen) atoms. The highest BCUT2D eigenvalue weighted by atomic mass is 16.6. The first kappa shape index (κ1) is 12.7. The molecule has 4 nitrogen and oxygen atoms in total. The lowest BCUT2D eigenvalue weighted by Gasteiger charge is -2.24. The van der Waals surface area contributed by atoms with Crippen LogP contribution >= 0.6 is 0 Å². The molecule has 0 radical (unpaired) electrons. The number of carbonyl (C=O) groups is 2. The SMILES string of the molecule is C=CCC(C)C(=O)N1C(=O)OCC1C(C)C. The van der Waals surface area contributed by atoms with E-state index in [2.05, 4.69) is 6.58 Å². The maximum absolute atomic E-state index is 12.0. The molecule has 0 aromatic heterocycles. The summed E-state index contributed by atoms with van der Waals surface area (Å²) in [5.74, 6) is -0.170. The zero-order valence-corrected chi connectivity index (χ0v) is 10.1. The second-order valence-electron chi connectivity index (χ2n) is 4.52. The number of rotatable bonds is 4. The van der Waals surface area contributed by atoms with Crippen molar-refractivity contribution in [1.29, 1.82) is 0 Å². The van der Waals surface area contributed by atoms with E-state index in [-0.39, 0.29) is 23.8 Å². The van der Waals surface area contributed by atoms with E-state index in [0.717, 1.165) is 0 Å². The van der Waals surface area contributed by atoms with E-state index >= 15 is 0 Å². The van der Waals surface area contributed by atoms with Crippen molar-refractivity contribution < 1.29 is 14.3 Å². The molecule has 1 rings (SSSR count). The predicted octanol–water partition coefficient (Wildman–Crippen LogP) is 2.20. The standard InChI is InChI=1S/C12H19NO3/c1-5-6-9(4)11(14)13-10(8(2)3)7-16-12(13)15/h5,8-10H,1,6-7H2,2-4H3. The minimum atomic E-state index is -0.514. The van der Waals surface area contributed by atoms with Crippen LogP contribution < -0.4 is 0 Å². The summed E-state index contributed by atoms with van der Waals surface area (Å²) in [6.45, 7) is 9.66. The molecule has 4 heteroatoms. The molecule has 1 aliphatic rings. The van der Waals surface area contributed by atoms with Crippen molar-refractivity contribution >= 4 is 12.0 Å². The molecule has 1 fully saturated rings. The number of allylic oxidation sites excluding steroid dienone is 1. The Bertz CT molecular complexity index is 299. The van der Waals surface area contributed by atoms with Crippen molar-refractivity contribution in [2.45, 2.75) is 33.2 Å². The van der Waals surface area contributed by atoms with Gasteiger partial charge in [0.2, 0.25) is 5.91 Å². The normalized spacial score (nSPS) is 22.1. The number of hydrogen-bond acceptors (Lipinski definition) is 3. The maximum atomic E-state index is 12.0. The maximum Gasteiger partial charge on any atom is 0.416 e. The fraction of sp³-hybridized carbons (Fsp3) is 0.667. The van der Waals surface area contributed by atoms with Crippen molar-refractivity contribution in [2.75, 3.05) is 6.61 Å². The molecule has 0 spiro atoms. The number of amides is 2.